The van der Waals surface area contributed by atoms with Crippen molar-refractivity contribution in [1.82, 2.24) is 10.2 Å². The molecule has 3 atom stereocenters. The summed E-state index contributed by atoms with van der Waals surface area (Å²) in [5, 5.41) is 22.1. The molecule has 1 fully saturated rings. The zero-order valence-electron chi connectivity index (χ0n) is 15.3. The van der Waals surface area contributed by atoms with Crippen LogP contribution >= 0.6 is 0 Å². The molecule has 0 aromatic heterocycles. The van der Waals surface area contributed by atoms with Gasteiger partial charge in [-0.05, 0) is 36.1 Å². The van der Waals surface area contributed by atoms with E-state index in [1.807, 2.05) is 30.3 Å². The number of carboxylic acid groups (broad SMARTS) is 1. The minimum atomic E-state index is -0.779. The van der Waals surface area contributed by atoms with Gasteiger partial charge in [0.2, 0.25) is 0 Å². The summed E-state index contributed by atoms with van der Waals surface area (Å²) >= 11 is 0. The molecule has 2 aromatic rings. The highest BCUT2D eigenvalue weighted by atomic mass is 16.4. The first-order valence-corrected chi connectivity index (χ1v) is 9.33. The summed E-state index contributed by atoms with van der Waals surface area (Å²) in [5.41, 5.74) is 8.82. The van der Waals surface area contributed by atoms with Gasteiger partial charge in [-0.1, -0.05) is 42.5 Å². The number of benzene rings is 2. The first kappa shape index (κ1) is 19.4. The van der Waals surface area contributed by atoms with Crippen molar-refractivity contribution in [3.05, 3.63) is 65.7 Å². The molecule has 1 saturated heterocycles. The number of hydrogen-bond acceptors (Lipinski definition) is 5. The lowest BCUT2D eigenvalue weighted by molar-refractivity contribution is -0.137. The van der Waals surface area contributed by atoms with E-state index in [-0.39, 0.29) is 30.4 Å². The Morgan fingerprint density at radius 1 is 1.15 bits per heavy atom. The minimum absolute atomic E-state index is 0.0262. The smallest absolute Gasteiger partial charge is 0.303 e. The number of nitrogens with one attached hydrogen (secondary N) is 1. The Balaban J connectivity index is 1.75. The van der Waals surface area contributed by atoms with E-state index in [0.29, 0.717) is 13.0 Å². The second-order valence-corrected chi connectivity index (χ2v) is 7.09. The zero-order valence-corrected chi connectivity index (χ0v) is 15.3. The summed E-state index contributed by atoms with van der Waals surface area (Å²) in [6.45, 7) is 1.40. The van der Waals surface area contributed by atoms with Crippen LogP contribution in [0.3, 0.4) is 0 Å². The molecule has 0 aliphatic carbocycles. The van der Waals surface area contributed by atoms with Crippen LogP contribution in [0.15, 0.2) is 54.6 Å². The molecule has 1 aliphatic heterocycles. The molecule has 1 aliphatic rings. The maximum Gasteiger partial charge on any atom is 0.303 e. The van der Waals surface area contributed by atoms with Gasteiger partial charge < -0.3 is 21.3 Å². The maximum absolute atomic E-state index is 10.9. The Morgan fingerprint density at radius 3 is 2.52 bits per heavy atom. The molecule has 0 spiro atoms. The van der Waals surface area contributed by atoms with E-state index in [2.05, 4.69) is 22.3 Å². The van der Waals surface area contributed by atoms with E-state index in [0.717, 1.165) is 18.5 Å². The number of nitrogens with two attached hydrogens (primary N) is 1. The second kappa shape index (κ2) is 8.99. The second-order valence-electron chi connectivity index (χ2n) is 7.09. The predicted molar refractivity (Wildman–Crippen MR) is 104 cm³/mol. The van der Waals surface area contributed by atoms with Gasteiger partial charge in [0.05, 0.1) is 6.17 Å². The number of piperazine rings is 1. The Bertz CT molecular complexity index is 736. The molecule has 27 heavy (non-hydrogen) atoms. The van der Waals surface area contributed by atoms with Crippen LogP contribution in [0.2, 0.25) is 0 Å². The van der Waals surface area contributed by atoms with Gasteiger partial charge in [0, 0.05) is 31.6 Å². The maximum atomic E-state index is 10.9. The van der Waals surface area contributed by atoms with Gasteiger partial charge in [0.15, 0.2) is 0 Å². The van der Waals surface area contributed by atoms with Gasteiger partial charge in [-0.25, -0.2) is 0 Å². The molecule has 144 valence electrons. The van der Waals surface area contributed by atoms with Gasteiger partial charge in [-0.2, -0.15) is 0 Å². The van der Waals surface area contributed by atoms with E-state index >= 15 is 0 Å². The monoisotopic (exact) mass is 369 g/mol. The highest BCUT2D eigenvalue weighted by Crippen LogP contribution is 2.24. The Kier molecular flexibility index (Phi) is 6.45. The molecule has 0 amide bonds. The number of aromatic hydroxyl groups is 1. The molecule has 3 rings (SSSR count). The number of rotatable bonds is 7. The van der Waals surface area contributed by atoms with Crippen molar-refractivity contribution in [3.8, 4) is 5.75 Å². The summed E-state index contributed by atoms with van der Waals surface area (Å²) < 4.78 is 0. The summed E-state index contributed by atoms with van der Waals surface area (Å²) in [6, 6.07) is 17.6. The van der Waals surface area contributed by atoms with Crippen molar-refractivity contribution in [2.24, 2.45) is 5.73 Å². The predicted octanol–water partition coefficient (Wildman–Crippen LogP) is 2.10. The van der Waals surface area contributed by atoms with E-state index in [1.54, 1.807) is 12.1 Å². The molecule has 1 heterocycles. The molecular weight excluding hydrogens is 342 g/mol. The number of carbonyl (C=O) groups is 1. The van der Waals surface area contributed by atoms with Gasteiger partial charge in [0.1, 0.15) is 5.75 Å². The van der Waals surface area contributed by atoms with Crippen LogP contribution < -0.4 is 11.1 Å². The standard InChI is InChI=1S/C21H27N3O3/c22-21-18(13-15-8-10-17(25)11-9-15)23-19(16-5-2-1-3-6-16)14-24(21)12-4-7-20(26)27/h1-3,5-6,8-11,18-19,21,23,25H,4,7,12-14,22H2,(H,26,27). The number of nitrogens with zero attached hydrogens (tertiary/aromatic N) is 1. The lowest BCUT2D eigenvalue weighted by Gasteiger charge is -2.44. The van der Waals surface area contributed by atoms with Crippen LogP contribution in [0.1, 0.15) is 30.0 Å². The van der Waals surface area contributed by atoms with Gasteiger partial charge >= 0.3 is 5.97 Å². The Labute approximate surface area is 159 Å². The average molecular weight is 369 g/mol. The van der Waals surface area contributed by atoms with E-state index < -0.39 is 5.97 Å². The number of aliphatic carboxylic acids is 1. The fourth-order valence-electron chi connectivity index (χ4n) is 3.65. The molecule has 6 nitrogen and oxygen atoms in total. The fraction of sp³-hybridized carbons (Fsp3) is 0.381. The molecule has 6 heteroatoms. The Hall–Kier alpha value is -2.41. The van der Waals surface area contributed by atoms with E-state index in [9.17, 15) is 9.90 Å². The van der Waals surface area contributed by atoms with E-state index in [1.165, 1.54) is 5.56 Å². The molecule has 0 bridgehead atoms. The number of hydrogen-bond donors (Lipinski definition) is 4. The van der Waals surface area contributed by atoms with Crippen LogP contribution in [0.25, 0.3) is 0 Å². The summed E-state index contributed by atoms with van der Waals surface area (Å²) in [6.07, 6.45) is 1.26. The molecule has 2 aromatic carbocycles. The van der Waals surface area contributed by atoms with Crippen molar-refractivity contribution in [2.75, 3.05) is 13.1 Å². The lowest BCUT2D eigenvalue weighted by Crippen LogP contribution is -2.63. The molecular formula is C21H27N3O3. The SMILES string of the molecule is NC1C(Cc2ccc(O)cc2)NC(c2ccccc2)CN1CCCC(=O)O. The van der Waals surface area contributed by atoms with Crippen molar-refractivity contribution in [2.45, 2.75) is 37.5 Å². The van der Waals surface area contributed by atoms with Gasteiger partial charge in [-0.3, -0.25) is 9.69 Å². The van der Waals surface area contributed by atoms with Crippen LogP contribution in [-0.4, -0.2) is 46.4 Å². The third-order valence-electron chi connectivity index (χ3n) is 5.10. The minimum Gasteiger partial charge on any atom is -0.508 e. The van der Waals surface area contributed by atoms with Gasteiger partial charge in [0.25, 0.3) is 0 Å². The largest absolute Gasteiger partial charge is 0.508 e. The number of phenols is 1. The third kappa shape index (κ3) is 5.29. The van der Waals surface area contributed by atoms with Crippen LogP contribution in [0.4, 0.5) is 0 Å². The molecule has 3 unspecified atom stereocenters. The number of phenolic OH excluding ortho intramolecular Hbond substituents is 1. The highest BCUT2D eigenvalue weighted by molar-refractivity contribution is 5.66. The van der Waals surface area contributed by atoms with Gasteiger partial charge in [-0.15, -0.1) is 0 Å². The van der Waals surface area contributed by atoms with Crippen molar-refractivity contribution >= 4 is 5.97 Å². The van der Waals surface area contributed by atoms with Crippen molar-refractivity contribution in [1.29, 1.82) is 0 Å². The molecule has 5 N–H and O–H groups in total. The van der Waals surface area contributed by atoms with Crippen molar-refractivity contribution < 1.29 is 15.0 Å². The molecule has 0 saturated carbocycles. The topological polar surface area (TPSA) is 98.8 Å². The quantitative estimate of drug-likeness (QED) is 0.597. The van der Waals surface area contributed by atoms with Crippen LogP contribution in [-0.2, 0) is 11.2 Å². The first-order chi connectivity index (χ1) is 13.0. The third-order valence-corrected chi connectivity index (χ3v) is 5.10. The average Bonchev–Trinajstić information content (AvgIpc) is 2.66. The fourth-order valence-corrected chi connectivity index (χ4v) is 3.65. The number of carboxylic acids is 1. The highest BCUT2D eigenvalue weighted by Gasteiger charge is 2.33. The normalized spacial score (nSPS) is 23.2. The lowest BCUT2D eigenvalue weighted by atomic mass is 9.95. The first-order valence-electron chi connectivity index (χ1n) is 9.33. The zero-order chi connectivity index (χ0) is 19.2. The van der Waals surface area contributed by atoms with E-state index in [4.69, 9.17) is 10.8 Å². The molecule has 0 radical (unpaired) electrons. The summed E-state index contributed by atoms with van der Waals surface area (Å²) in [4.78, 5) is 13.0. The Morgan fingerprint density at radius 2 is 1.85 bits per heavy atom. The summed E-state index contributed by atoms with van der Waals surface area (Å²) in [5.74, 6) is -0.531. The van der Waals surface area contributed by atoms with Crippen LogP contribution in [0.5, 0.6) is 5.75 Å². The van der Waals surface area contributed by atoms with Crippen LogP contribution in [0, 0.1) is 0 Å². The van der Waals surface area contributed by atoms with Crippen molar-refractivity contribution in [3.63, 3.8) is 0 Å². The summed E-state index contributed by atoms with van der Waals surface area (Å²) in [7, 11) is 0.